The van der Waals surface area contributed by atoms with Crippen molar-refractivity contribution in [1.29, 1.82) is 0 Å². The molecule has 0 bridgehead atoms. The maximum absolute atomic E-state index is 13.1. The van der Waals surface area contributed by atoms with Gasteiger partial charge in [0.1, 0.15) is 5.75 Å². The second kappa shape index (κ2) is 11.0. The maximum Gasteiger partial charge on any atom is 0.253 e. The Morgan fingerprint density at radius 1 is 1.06 bits per heavy atom. The van der Waals surface area contributed by atoms with Crippen molar-refractivity contribution in [2.45, 2.75) is 30.5 Å². The van der Waals surface area contributed by atoms with E-state index in [9.17, 15) is 4.79 Å². The van der Waals surface area contributed by atoms with Gasteiger partial charge in [0.2, 0.25) is 0 Å². The van der Waals surface area contributed by atoms with Gasteiger partial charge in [0.25, 0.3) is 5.91 Å². The molecule has 5 nitrogen and oxygen atoms in total. The first kappa shape index (κ1) is 22.8. The van der Waals surface area contributed by atoms with E-state index in [1.54, 1.807) is 30.2 Å². The van der Waals surface area contributed by atoms with Crippen molar-refractivity contribution in [2.75, 3.05) is 33.3 Å². The molecule has 0 N–H and O–H groups in total. The number of thiazole rings is 1. The van der Waals surface area contributed by atoms with Gasteiger partial charge in [-0.25, -0.2) is 4.98 Å². The lowest BCUT2D eigenvalue weighted by molar-refractivity contribution is 0.0761. The second-order valence-electron chi connectivity index (χ2n) is 7.94. The highest BCUT2D eigenvalue weighted by molar-refractivity contribution is 7.98. The number of aromatic nitrogens is 1. The number of methoxy groups -OCH3 is 1. The van der Waals surface area contributed by atoms with E-state index in [-0.39, 0.29) is 5.91 Å². The smallest absolute Gasteiger partial charge is 0.253 e. The zero-order chi connectivity index (χ0) is 22.3. The zero-order valence-electron chi connectivity index (χ0n) is 18.6. The summed E-state index contributed by atoms with van der Waals surface area (Å²) in [5, 5.41) is 3.21. The van der Waals surface area contributed by atoms with Crippen molar-refractivity contribution < 1.29 is 9.53 Å². The van der Waals surface area contributed by atoms with E-state index in [2.05, 4.69) is 27.4 Å². The summed E-state index contributed by atoms with van der Waals surface area (Å²) in [6, 6.07) is 16.2. The highest BCUT2D eigenvalue weighted by atomic mass is 32.2. The number of thioether (sulfide) groups is 1. The van der Waals surface area contributed by atoms with Crippen molar-refractivity contribution >= 4 is 29.0 Å². The number of aryl methyl sites for hydroxylation is 1. The Hall–Kier alpha value is -2.35. The Bertz CT molecular complexity index is 1020. The molecule has 0 unspecified atom stereocenters. The number of carbonyl (C=O) groups is 1. The van der Waals surface area contributed by atoms with Gasteiger partial charge in [0.15, 0.2) is 0 Å². The minimum atomic E-state index is 0.128. The maximum atomic E-state index is 13.1. The fourth-order valence-electron chi connectivity index (χ4n) is 3.83. The van der Waals surface area contributed by atoms with Crippen LogP contribution in [0.2, 0.25) is 0 Å². The van der Waals surface area contributed by atoms with E-state index in [0.717, 1.165) is 71.8 Å². The Labute approximate surface area is 198 Å². The number of amides is 1. The molecule has 2 aromatic carbocycles. The first-order valence-electron chi connectivity index (χ1n) is 10.9. The van der Waals surface area contributed by atoms with Gasteiger partial charge < -0.3 is 9.64 Å². The Kier molecular flexibility index (Phi) is 7.84. The van der Waals surface area contributed by atoms with Crippen LogP contribution in [0.1, 0.15) is 33.0 Å². The van der Waals surface area contributed by atoms with Crippen molar-refractivity contribution in [3.8, 4) is 5.75 Å². The molecule has 1 fully saturated rings. The molecule has 0 atom stereocenters. The fourth-order valence-corrected chi connectivity index (χ4v) is 5.34. The van der Waals surface area contributed by atoms with Gasteiger partial charge in [-0.1, -0.05) is 12.1 Å². The summed E-state index contributed by atoms with van der Waals surface area (Å²) in [6.45, 7) is 6.38. The van der Waals surface area contributed by atoms with Gasteiger partial charge in [0, 0.05) is 54.3 Å². The quantitative estimate of drug-likeness (QED) is 0.453. The summed E-state index contributed by atoms with van der Waals surface area (Å²) >= 11 is 3.44. The van der Waals surface area contributed by atoms with Crippen molar-refractivity contribution in [2.24, 2.45) is 0 Å². The molecule has 4 rings (SSSR count). The van der Waals surface area contributed by atoms with Gasteiger partial charge in [-0.2, -0.15) is 0 Å². The van der Waals surface area contributed by atoms with Gasteiger partial charge in [-0.15, -0.1) is 23.1 Å². The molecule has 0 aliphatic carbocycles. The minimum Gasteiger partial charge on any atom is -0.497 e. The molecule has 3 aromatic rings. The molecular weight excluding hydrogens is 438 g/mol. The van der Waals surface area contributed by atoms with Gasteiger partial charge in [-0.05, 0) is 55.3 Å². The lowest BCUT2D eigenvalue weighted by Gasteiger charge is -2.22. The van der Waals surface area contributed by atoms with E-state index in [1.165, 1.54) is 5.56 Å². The SMILES string of the molecule is COc1ccc(CN2CCCN(C(=O)c3ccc(SCc4csc(C)n4)cc3)CC2)cc1. The molecular formula is C25H29N3O2S2. The van der Waals surface area contributed by atoms with E-state index >= 15 is 0 Å². The molecule has 1 aromatic heterocycles. The van der Waals surface area contributed by atoms with Crippen molar-refractivity contribution in [3.63, 3.8) is 0 Å². The van der Waals surface area contributed by atoms with Gasteiger partial charge in [0.05, 0.1) is 17.8 Å². The minimum absolute atomic E-state index is 0.128. The summed E-state index contributed by atoms with van der Waals surface area (Å²) in [5.74, 6) is 1.86. The second-order valence-corrected chi connectivity index (χ2v) is 10.1. The first-order chi connectivity index (χ1) is 15.6. The van der Waals surface area contributed by atoms with E-state index in [0.29, 0.717) is 0 Å². The summed E-state index contributed by atoms with van der Waals surface area (Å²) in [7, 11) is 1.69. The number of nitrogens with zero attached hydrogens (tertiary/aromatic N) is 3. The van der Waals surface area contributed by atoms with E-state index in [1.807, 2.05) is 48.2 Å². The van der Waals surface area contributed by atoms with E-state index in [4.69, 9.17) is 4.74 Å². The molecule has 0 radical (unpaired) electrons. The summed E-state index contributed by atoms with van der Waals surface area (Å²) < 4.78 is 5.24. The lowest BCUT2D eigenvalue weighted by atomic mass is 10.2. The van der Waals surface area contributed by atoms with Crippen LogP contribution in [0.25, 0.3) is 0 Å². The number of carbonyl (C=O) groups excluding carboxylic acids is 1. The molecule has 0 saturated carbocycles. The average molecular weight is 468 g/mol. The highest BCUT2D eigenvalue weighted by Gasteiger charge is 2.20. The third kappa shape index (κ3) is 6.12. The van der Waals surface area contributed by atoms with Crippen molar-refractivity contribution in [3.05, 3.63) is 75.7 Å². The Morgan fingerprint density at radius 3 is 2.53 bits per heavy atom. The molecule has 2 heterocycles. The fraction of sp³-hybridized carbons (Fsp3) is 0.360. The van der Waals surface area contributed by atoms with Crippen LogP contribution in [0.15, 0.2) is 58.8 Å². The summed E-state index contributed by atoms with van der Waals surface area (Å²) in [4.78, 5) is 23.1. The number of ether oxygens (including phenoxy) is 1. The van der Waals surface area contributed by atoms with Gasteiger partial charge >= 0.3 is 0 Å². The van der Waals surface area contributed by atoms with Gasteiger partial charge in [-0.3, -0.25) is 9.69 Å². The average Bonchev–Trinajstić information content (AvgIpc) is 3.10. The number of benzene rings is 2. The van der Waals surface area contributed by atoms with Crippen LogP contribution in [-0.2, 0) is 12.3 Å². The topological polar surface area (TPSA) is 45.7 Å². The molecule has 1 aliphatic heterocycles. The number of hydrogen-bond donors (Lipinski definition) is 0. The summed E-state index contributed by atoms with van der Waals surface area (Å²) in [6.07, 6.45) is 0.989. The number of rotatable bonds is 7. The first-order valence-corrected chi connectivity index (χ1v) is 12.8. The highest BCUT2D eigenvalue weighted by Crippen LogP contribution is 2.24. The van der Waals surface area contributed by atoms with Crippen LogP contribution < -0.4 is 4.74 Å². The number of hydrogen-bond acceptors (Lipinski definition) is 6. The predicted molar refractivity (Wildman–Crippen MR) is 132 cm³/mol. The largest absolute Gasteiger partial charge is 0.497 e. The lowest BCUT2D eigenvalue weighted by Crippen LogP contribution is -2.35. The zero-order valence-corrected chi connectivity index (χ0v) is 20.3. The standard InChI is InChI=1S/C25H29N3O2S2/c1-19-26-22(17-31-19)18-32-24-10-6-21(7-11-24)25(29)28-13-3-12-27(14-15-28)16-20-4-8-23(30-2)9-5-20/h4-11,17H,3,12-16,18H2,1-2H3. The van der Waals surface area contributed by atoms with E-state index < -0.39 is 0 Å². The molecule has 1 amide bonds. The molecule has 7 heteroatoms. The molecule has 168 valence electrons. The molecule has 0 spiro atoms. The van der Waals surface area contributed by atoms with Crippen LogP contribution >= 0.6 is 23.1 Å². The normalized spacial score (nSPS) is 14.9. The third-order valence-electron chi connectivity index (χ3n) is 5.60. The van der Waals surface area contributed by atoms with Crippen LogP contribution in [0.5, 0.6) is 5.75 Å². The molecule has 1 saturated heterocycles. The predicted octanol–water partition coefficient (Wildman–Crippen LogP) is 5.10. The van der Waals surface area contributed by atoms with Crippen LogP contribution in [-0.4, -0.2) is 54.0 Å². The Balaban J connectivity index is 1.29. The third-order valence-corrected chi connectivity index (χ3v) is 7.46. The van der Waals surface area contributed by atoms with Crippen LogP contribution in [0.4, 0.5) is 0 Å². The summed E-state index contributed by atoms with van der Waals surface area (Å²) in [5.41, 5.74) is 3.15. The van der Waals surface area contributed by atoms with Crippen molar-refractivity contribution in [1.82, 2.24) is 14.8 Å². The molecule has 1 aliphatic rings. The monoisotopic (exact) mass is 467 g/mol. The van der Waals surface area contributed by atoms with Crippen LogP contribution in [0.3, 0.4) is 0 Å². The van der Waals surface area contributed by atoms with Crippen LogP contribution in [0, 0.1) is 6.92 Å². The Morgan fingerprint density at radius 2 is 1.84 bits per heavy atom. The molecule has 32 heavy (non-hydrogen) atoms.